The summed E-state index contributed by atoms with van der Waals surface area (Å²) in [6, 6.07) is 18.0. The first-order valence-corrected chi connectivity index (χ1v) is 10.7. The topological polar surface area (TPSA) is 12.9 Å². The standard InChI is InChI=1S/C26H23NS/c1-5-18-13-15(2)14-22(17(18)4)25-26-21(11-12-27-25)20-10-9-16(3)19-7-6-8-23(28-26)24(19)20/h6-14H,5H2,1-4H3. The van der Waals surface area contributed by atoms with E-state index in [0.717, 1.165) is 12.1 Å². The van der Waals surface area contributed by atoms with Gasteiger partial charge in [-0.3, -0.25) is 4.98 Å². The van der Waals surface area contributed by atoms with Gasteiger partial charge in [-0.1, -0.05) is 54.6 Å². The summed E-state index contributed by atoms with van der Waals surface area (Å²) >= 11 is 1.87. The molecule has 0 saturated carbocycles. The first-order chi connectivity index (χ1) is 13.6. The normalized spacial score (nSPS) is 12.3. The van der Waals surface area contributed by atoms with Crippen molar-refractivity contribution in [1.82, 2.24) is 4.98 Å². The highest BCUT2D eigenvalue weighted by atomic mass is 32.2. The summed E-state index contributed by atoms with van der Waals surface area (Å²) in [6.45, 7) is 8.85. The maximum atomic E-state index is 4.87. The molecule has 1 nitrogen and oxygen atoms in total. The molecule has 0 N–H and O–H groups in total. The molecule has 0 aliphatic carbocycles. The third kappa shape index (κ3) is 2.51. The predicted octanol–water partition coefficient (Wildman–Crippen LogP) is 7.52. The van der Waals surface area contributed by atoms with Crippen LogP contribution < -0.4 is 0 Å². The summed E-state index contributed by atoms with van der Waals surface area (Å²) in [5.41, 5.74) is 10.4. The number of fused-ring (bicyclic) bond motifs is 2. The molecule has 0 saturated heterocycles. The Hall–Kier alpha value is -2.58. The van der Waals surface area contributed by atoms with Gasteiger partial charge in [-0.25, -0.2) is 0 Å². The van der Waals surface area contributed by atoms with Crippen molar-refractivity contribution in [1.29, 1.82) is 0 Å². The molecular weight excluding hydrogens is 358 g/mol. The minimum Gasteiger partial charge on any atom is -0.255 e. The zero-order valence-corrected chi connectivity index (χ0v) is 17.6. The summed E-state index contributed by atoms with van der Waals surface area (Å²) in [4.78, 5) is 7.49. The Bertz CT molecular complexity index is 1250. The molecule has 0 spiro atoms. The maximum absolute atomic E-state index is 4.87. The molecule has 138 valence electrons. The van der Waals surface area contributed by atoms with Crippen LogP contribution in [0.25, 0.3) is 33.2 Å². The van der Waals surface area contributed by atoms with Gasteiger partial charge in [-0.15, -0.1) is 0 Å². The Morgan fingerprint density at radius 1 is 0.893 bits per heavy atom. The van der Waals surface area contributed by atoms with Crippen LogP contribution in [0, 0.1) is 20.8 Å². The quantitative estimate of drug-likeness (QED) is 0.313. The highest BCUT2D eigenvalue weighted by molar-refractivity contribution is 8.00. The van der Waals surface area contributed by atoms with E-state index < -0.39 is 0 Å². The van der Waals surface area contributed by atoms with Crippen LogP contribution in [0.3, 0.4) is 0 Å². The lowest BCUT2D eigenvalue weighted by atomic mass is 9.92. The number of nitrogens with zero attached hydrogens (tertiary/aromatic N) is 1. The van der Waals surface area contributed by atoms with E-state index in [0.29, 0.717) is 0 Å². The van der Waals surface area contributed by atoms with E-state index in [1.165, 1.54) is 59.5 Å². The number of pyridine rings is 1. The van der Waals surface area contributed by atoms with Gasteiger partial charge in [0.1, 0.15) is 0 Å². The molecule has 1 aliphatic rings. The third-order valence-corrected chi connectivity index (χ3v) is 7.10. The highest BCUT2D eigenvalue weighted by Gasteiger charge is 2.24. The number of hydrogen-bond donors (Lipinski definition) is 0. The van der Waals surface area contributed by atoms with E-state index in [1.807, 2.05) is 18.0 Å². The lowest BCUT2D eigenvalue weighted by Gasteiger charge is -2.23. The average Bonchev–Trinajstić information content (AvgIpc) is 2.71. The first-order valence-electron chi connectivity index (χ1n) is 9.88. The van der Waals surface area contributed by atoms with E-state index >= 15 is 0 Å². The van der Waals surface area contributed by atoms with Gasteiger partial charge in [0.2, 0.25) is 0 Å². The van der Waals surface area contributed by atoms with Crippen molar-refractivity contribution in [2.75, 3.05) is 0 Å². The van der Waals surface area contributed by atoms with Crippen LogP contribution >= 0.6 is 11.8 Å². The summed E-state index contributed by atoms with van der Waals surface area (Å²) < 4.78 is 0. The number of hydrogen-bond acceptors (Lipinski definition) is 2. The Balaban J connectivity index is 1.83. The maximum Gasteiger partial charge on any atom is 0.0850 e. The fourth-order valence-electron chi connectivity index (χ4n) is 4.44. The molecule has 0 radical (unpaired) electrons. The van der Waals surface area contributed by atoms with Gasteiger partial charge in [0, 0.05) is 26.9 Å². The second kappa shape index (κ2) is 6.49. The minimum absolute atomic E-state index is 1.05. The van der Waals surface area contributed by atoms with Gasteiger partial charge in [0.15, 0.2) is 0 Å². The van der Waals surface area contributed by atoms with E-state index in [-0.39, 0.29) is 0 Å². The van der Waals surface area contributed by atoms with Gasteiger partial charge < -0.3 is 0 Å². The Labute approximate surface area is 170 Å². The predicted molar refractivity (Wildman–Crippen MR) is 120 cm³/mol. The van der Waals surface area contributed by atoms with Gasteiger partial charge in [0.25, 0.3) is 0 Å². The summed E-state index contributed by atoms with van der Waals surface area (Å²) in [6.07, 6.45) is 3.02. The van der Waals surface area contributed by atoms with Crippen molar-refractivity contribution in [2.24, 2.45) is 0 Å². The molecule has 2 heterocycles. The molecule has 2 heteroatoms. The second-order valence-electron chi connectivity index (χ2n) is 7.70. The number of benzene rings is 3. The van der Waals surface area contributed by atoms with Crippen molar-refractivity contribution in [2.45, 2.75) is 43.9 Å². The van der Waals surface area contributed by atoms with Crippen LogP contribution in [0.2, 0.25) is 0 Å². The monoisotopic (exact) mass is 381 g/mol. The van der Waals surface area contributed by atoms with Crippen LogP contribution in [-0.4, -0.2) is 4.98 Å². The summed E-state index contributed by atoms with van der Waals surface area (Å²) in [7, 11) is 0. The molecule has 0 fully saturated rings. The molecule has 1 aliphatic heterocycles. The Kier molecular flexibility index (Phi) is 4.06. The van der Waals surface area contributed by atoms with E-state index in [4.69, 9.17) is 4.98 Å². The molecule has 0 amide bonds. The van der Waals surface area contributed by atoms with Crippen molar-refractivity contribution >= 4 is 22.5 Å². The fraction of sp³-hybridized carbons (Fsp3) is 0.192. The smallest absolute Gasteiger partial charge is 0.0850 e. The van der Waals surface area contributed by atoms with Crippen molar-refractivity contribution in [3.63, 3.8) is 0 Å². The largest absolute Gasteiger partial charge is 0.255 e. The molecule has 4 aromatic rings. The van der Waals surface area contributed by atoms with E-state index in [9.17, 15) is 0 Å². The zero-order chi connectivity index (χ0) is 19.4. The second-order valence-corrected chi connectivity index (χ2v) is 8.75. The average molecular weight is 382 g/mol. The molecule has 28 heavy (non-hydrogen) atoms. The van der Waals surface area contributed by atoms with Crippen LogP contribution in [0.4, 0.5) is 0 Å². The summed E-state index contributed by atoms with van der Waals surface area (Å²) in [5.74, 6) is 0. The van der Waals surface area contributed by atoms with Crippen LogP contribution in [-0.2, 0) is 6.42 Å². The lowest BCUT2D eigenvalue weighted by molar-refractivity contribution is 1.09. The Morgan fingerprint density at radius 3 is 2.57 bits per heavy atom. The Morgan fingerprint density at radius 2 is 1.75 bits per heavy atom. The van der Waals surface area contributed by atoms with Gasteiger partial charge in [0.05, 0.1) is 5.69 Å². The van der Waals surface area contributed by atoms with Gasteiger partial charge in [-0.05, 0) is 78.6 Å². The summed E-state index contributed by atoms with van der Waals surface area (Å²) in [5, 5.41) is 2.74. The molecular formula is C26H23NS. The van der Waals surface area contributed by atoms with Crippen LogP contribution in [0.1, 0.15) is 29.2 Å². The third-order valence-electron chi connectivity index (χ3n) is 5.92. The van der Waals surface area contributed by atoms with Gasteiger partial charge >= 0.3 is 0 Å². The molecule has 5 rings (SSSR count). The van der Waals surface area contributed by atoms with Crippen molar-refractivity contribution in [3.05, 3.63) is 77.0 Å². The van der Waals surface area contributed by atoms with Crippen LogP contribution in [0.5, 0.6) is 0 Å². The lowest BCUT2D eigenvalue weighted by Crippen LogP contribution is -2.00. The first kappa shape index (κ1) is 17.5. The number of rotatable bonds is 2. The van der Waals surface area contributed by atoms with E-state index in [2.05, 4.69) is 76.2 Å². The minimum atomic E-state index is 1.05. The number of aromatic nitrogens is 1. The zero-order valence-electron chi connectivity index (χ0n) is 16.8. The highest BCUT2D eigenvalue weighted by Crippen LogP contribution is 2.51. The van der Waals surface area contributed by atoms with Gasteiger partial charge in [-0.2, -0.15) is 0 Å². The van der Waals surface area contributed by atoms with E-state index in [1.54, 1.807) is 0 Å². The molecule has 1 aromatic heterocycles. The molecule has 0 bridgehead atoms. The molecule has 0 unspecified atom stereocenters. The SMILES string of the molecule is CCc1cc(C)cc(-c2nccc3c2Sc2cccc4c(C)ccc-3c24)c1C. The van der Waals surface area contributed by atoms with Crippen LogP contribution in [0.15, 0.2) is 64.5 Å². The molecule has 0 atom stereocenters. The van der Waals surface area contributed by atoms with Crippen molar-refractivity contribution < 1.29 is 0 Å². The number of aryl methyl sites for hydroxylation is 3. The molecule has 3 aromatic carbocycles. The fourth-order valence-corrected chi connectivity index (χ4v) is 5.68. The van der Waals surface area contributed by atoms with Crippen molar-refractivity contribution in [3.8, 4) is 22.4 Å².